The average Bonchev–Trinajstić information content (AvgIpc) is 1.35. The summed E-state index contributed by atoms with van der Waals surface area (Å²) in [5.41, 5.74) is -2.61. The van der Waals surface area contributed by atoms with Crippen molar-refractivity contribution in [1.29, 1.82) is 0 Å². The van der Waals surface area contributed by atoms with Gasteiger partial charge in [-0.05, 0) is 120 Å². The van der Waals surface area contributed by atoms with Gasteiger partial charge in [-0.25, -0.2) is 17.6 Å². The number of ether oxygens (including phenoxy) is 1. The van der Waals surface area contributed by atoms with Crippen LogP contribution in [0, 0.1) is 35.5 Å². The van der Waals surface area contributed by atoms with Gasteiger partial charge in [0.2, 0.25) is 70.9 Å². The molecule has 3 N–H and O–H groups in total. The third-order valence-corrected chi connectivity index (χ3v) is 24.0. The van der Waals surface area contributed by atoms with Crippen LogP contribution in [0.4, 0.5) is 57.1 Å². The summed E-state index contributed by atoms with van der Waals surface area (Å²) in [6, 6.07) is -14.6. The molecule has 12 atom stereocenters. The first-order valence-electron chi connectivity index (χ1n) is 39.1. The summed E-state index contributed by atoms with van der Waals surface area (Å²) in [4.78, 5) is 188. The van der Waals surface area contributed by atoms with E-state index in [1.54, 1.807) is 32.9 Å². The van der Waals surface area contributed by atoms with Crippen molar-refractivity contribution in [3.63, 3.8) is 0 Å². The maximum atomic E-state index is 15.8. The molecular formula is C75H111F13N12O13. The Bertz CT molecular complexity index is 3410. The molecule has 7 rings (SSSR count). The van der Waals surface area contributed by atoms with Crippen LogP contribution >= 0.6 is 0 Å². The molecule has 3 aliphatic heterocycles. The van der Waals surface area contributed by atoms with Crippen molar-refractivity contribution in [3.05, 3.63) is 12.2 Å². The Hall–Kier alpha value is -7.57. The molecule has 3 heterocycles. The zero-order chi connectivity index (χ0) is 84.5. The van der Waals surface area contributed by atoms with E-state index in [0.29, 0.717) is 24.2 Å². The smallest absolute Gasteiger partial charge is 0.377 e. The predicted molar refractivity (Wildman–Crippen MR) is 382 cm³/mol. The highest BCUT2D eigenvalue weighted by Gasteiger charge is 2.65. The van der Waals surface area contributed by atoms with Crippen LogP contribution in [0.2, 0.25) is 0 Å². The Kier molecular flexibility index (Phi) is 31.5. The summed E-state index contributed by atoms with van der Waals surface area (Å²) in [6.45, 7) is 3.53. The number of carbonyl (C=O) groups is 12. The quantitative estimate of drug-likeness (QED) is 0.114. The number of fused-ring (bicyclic) bond motifs is 3. The first kappa shape index (κ1) is 92.6. The van der Waals surface area contributed by atoms with Crippen molar-refractivity contribution in [3.8, 4) is 0 Å². The lowest BCUT2D eigenvalue weighted by Gasteiger charge is -2.50. The van der Waals surface area contributed by atoms with Crippen molar-refractivity contribution in [2.24, 2.45) is 35.5 Å². The average molecular weight is 1640 g/mol. The van der Waals surface area contributed by atoms with Crippen molar-refractivity contribution in [2.75, 3.05) is 88.7 Å². The zero-order valence-electron chi connectivity index (χ0n) is 66.0. The minimum absolute atomic E-state index is 0.0128. The van der Waals surface area contributed by atoms with E-state index in [2.05, 4.69) is 16.0 Å². The normalized spacial score (nSPS) is 31.7. The molecular weight excluding hydrogens is 1520 g/mol. The van der Waals surface area contributed by atoms with E-state index in [9.17, 15) is 68.3 Å². The van der Waals surface area contributed by atoms with Crippen molar-refractivity contribution in [1.82, 2.24) is 60.0 Å². The number of halogens is 13. The first-order valence-corrected chi connectivity index (χ1v) is 39.1. The van der Waals surface area contributed by atoms with Gasteiger partial charge in [0.1, 0.15) is 72.1 Å². The van der Waals surface area contributed by atoms with Crippen molar-refractivity contribution < 1.29 is 119 Å². The Morgan fingerprint density at radius 1 is 0.646 bits per heavy atom. The summed E-state index contributed by atoms with van der Waals surface area (Å²) in [6.07, 6.45) is -27.4. The van der Waals surface area contributed by atoms with Crippen molar-refractivity contribution in [2.45, 2.75) is 266 Å². The molecule has 25 nitrogen and oxygen atoms in total. The van der Waals surface area contributed by atoms with Gasteiger partial charge in [0, 0.05) is 94.8 Å². The molecule has 6 fully saturated rings. The minimum atomic E-state index is -5.29. The third-order valence-electron chi connectivity index (χ3n) is 24.0. The number of likely N-dealkylation sites (N-methyl/N-ethyl adjacent to an activating group) is 7. The summed E-state index contributed by atoms with van der Waals surface area (Å²) in [5, 5.41) is 7.29. The van der Waals surface area contributed by atoms with Gasteiger partial charge in [0.15, 0.2) is 0 Å². The van der Waals surface area contributed by atoms with Crippen LogP contribution in [-0.4, -0.2) is 300 Å². The Morgan fingerprint density at radius 2 is 1.26 bits per heavy atom. The summed E-state index contributed by atoms with van der Waals surface area (Å²) in [5.74, 6) is -25.6. The second kappa shape index (κ2) is 38.5. The van der Waals surface area contributed by atoms with Gasteiger partial charge in [0.05, 0.1) is 38.0 Å². The van der Waals surface area contributed by atoms with Crippen LogP contribution < -0.4 is 16.0 Å². The highest BCUT2D eigenvalue weighted by molar-refractivity contribution is 6.01. The van der Waals surface area contributed by atoms with E-state index in [1.807, 2.05) is 0 Å². The fraction of sp³-hybridized carbons (Fsp3) is 0.813. The van der Waals surface area contributed by atoms with Crippen LogP contribution in [-0.2, 0) is 62.3 Å². The molecule has 4 saturated carbocycles. The molecule has 12 amide bonds. The van der Waals surface area contributed by atoms with E-state index in [1.165, 1.54) is 21.0 Å². The number of nitrogens with one attached hydrogen (secondary N) is 3. The summed E-state index contributed by atoms with van der Waals surface area (Å²) >= 11 is 0. The SMILES string of the molecule is CCCN(C)C(=O)[C@@H]1CC(=O)N(C)[C@@H](CC(F)(F)F)C(=O)N[C@@H]([C@@H](C)CC)C(=O)N(C)CC(=O)N(C)[C@H]2C/C=C\CCN(C2=O)[C@@H](CC2CCC(C(F)(F)F)CC2)C(=O)N(C)CC(=O)N[C@@H](CCC2CC(F)C(C(F)(F)F)C(F)C2)C(=O)N2C[C@H](OCC)C[C@H]2C(=O)NC2(CC(F)(F)C2)C(=O)N(C)[C@@H](C2CCCC2)C(=O)N1C. The number of carbonyl (C=O) groups excluding carboxylic acids is 12. The lowest BCUT2D eigenvalue weighted by atomic mass is 9.71. The van der Waals surface area contributed by atoms with Crippen LogP contribution in [0.5, 0.6) is 0 Å². The van der Waals surface area contributed by atoms with Gasteiger partial charge < -0.3 is 64.8 Å². The van der Waals surface area contributed by atoms with E-state index in [0.717, 1.165) is 74.4 Å². The number of nitrogens with zero attached hydrogens (tertiary/aromatic N) is 9. The number of rotatable bonds is 14. The minimum Gasteiger partial charge on any atom is -0.377 e. The maximum absolute atomic E-state index is 15.8. The predicted octanol–water partition coefficient (Wildman–Crippen LogP) is 7.28. The molecule has 113 heavy (non-hydrogen) atoms. The van der Waals surface area contributed by atoms with Crippen LogP contribution in [0.15, 0.2) is 12.2 Å². The van der Waals surface area contributed by atoms with Gasteiger partial charge >= 0.3 is 18.5 Å². The molecule has 640 valence electrons. The first-order chi connectivity index (χ1) is 52.6. The van der Waals surface area contributed by atoms with E-state index in [4.69, 9.17) is 4.74 Å². The Labute approximate surface area is 650 Å². The highest BCUT2D eigenvalue weighted by Crippen LogP contribution is 2.49. The topological polar surface area (TPSA) is 279 Å². The maximum Gasteiger partial charge on any atom is 0.397 e. The third kappa shape index (κ3) is 23.0. The van der Waals surface area contributed by atoms with Crippen LogP contribution in [0.1, 0.15) is 169 Å². The van der Waals surface area contributed by atoms with Gasteiger partial charge in [-0.15, -0.1) is 0 Å². The van der Waals surface area contributed by atoms with E-state index >= 15 is 46.3 Å². The molecule has 0 aromatic rings. The van der Waals surface area contributed by atoms with Gasteiger partial charge in [0.25, 0.3) is 5.92 Å². The summed E-state index contributed by atoms with van der Waals surface area (Å²) < 4.78 is 197. The summed E-state index contributed by atoms with van der Waals surface area (Å²) in [7, 11) is 7.72. The van der Waals surface area contributed by atoms with Gasteiger partial charge in [-0.1, -0.05) is 52.2 Å². The molecule has 0 radical (unpaired) electrons. The fourth-order valence-corrected chi connectivity index (χ4v) is 17.3. The zero-order valence-corrected chi connectivity index (χ0v) is 66.0. The van der Waals surface area contributed by atoms with E-state index < -0.39 is 281 Å². The van der Waals surface area contributed by atoms with Crippen molar-refractivity contribution >= 4 is 70.9 Å². The molecule has 2 unspecified atom stereocenters. The second-order valence-electron chi connectivity index (χ2n) is 32.2. The Balaban J connectivity index is 1.36. The molecule has 38 heteroatoms. The second-order valence-corrected chi connectivity index (χ2v) is 32.2. The molecule has 4 aliphatic carbocycles. The van der Waals surface area contributed by atoms with Gasteiger partial charge in [-0.3, -0.25) is 57.5 Å². The standard InChI is InChI=1S/C75H111F13N12O13/c1-12-29-92(5)65(107)53-35-57(102)96(9)55(36-73(80,81)82)62(104)90-60(42(4)13-2)68(110)94(7)39-58(103)95(8)51-22-16-15-19-30-99(67(51)109)54(33-43-23-26-46(27-24-43)74(83,84)85)66(108)93(6)38-56(101)89-50(28-25-44-31-48(76)59(49(77)32-44)75(86,87)88)64(106)100-37-47(113-14-3)34-52(100)63(105)91-71(40-72(78,79)41-71)70(112)98(11)61(69(111)97(53)10)45-20-17-18-21-45/h15-16,42-55,59-61H,12-14,17-41H2,1-11H3,(H,89,101)(H,90,104)(H,91,105)/b16-15-/t42-,43?,44?,46?,47+,48?,49?,50-,51-,52-,53-,54-,55-,59?,60-,61-/m0/s1. The number of hydrogen-bond donors (Lipinski definition) is 3. The molecule has 2 bridgehead atoms. The number of hydrogen-bond acceptors (Lipinski definition) is 13. The van der Waals surface area contributed by atoms with Crippen LogP contribution in [0.3, 0.4) is 0 Å². The molecule has 0 aromatic heterocycles. The van der Waals surface area contributed by atoms with Gasteiger partial charge in [-0.2, -0.15) is 39.5 Å². The molecule has 0 aromatic carbocycles. The highest BCUT2D eigenvalue weighted by atomic mass is 19.4. The lowest BCUT2D eigenvalue weighted by molar-refractivity contribution is -0.219. The van der Waals surface area contributed by atoms with E-state index in [-0.39, 0.29) is 83.9 Å². The van der Waals surface area contributed by atoms with Crippen LogP contribution in [0.25, 0.3) is 0 Å². The fourth-order valence-electron chi connectivity index (χ4n) is 17.3. The molecule has 7 aliphatic rings. The molecule has 2 saturated heterocycles. The monoisotopic (exact) mass is 1630 g/mol. The largest absolute Gasteiger partial charge is 0.397 e. The molecule has 1 spiro atoms. The lowest BCUT2D eigenvalue weighted by Crippen LogP contribution is -2.72. The Morgan fingerprint density at radius 3 is 1.81 bits per heavy atom. The number of alkyl halides is 13. The number of amides is 12.